The number of amides is 1. The van der Waals surface area contributed by atoms with Crippen LogP contribution in [0.5, 0.6) is 5.75 Å². The van der Waals surface area contributed by atoms with E-state index in [0.717, 1.165) is 17.3 Å². The van der Waals surface area contributed by atoms with Gasteiger partial charge in [-0.2, -0.15) is 9.78 Å². The Morgan fingerprint density at radius 2 is 1.97 bits per heavy atom. The number of carbonyl (C=O) groups excluding carboxylic acids is 1. The molecule has 1 N–H and O–H groups in total. The summed E-state index contributed by atoms with van der Waals surface area (Å²) in [5, 5.41) is 8.30. The summed E-state index contributed by atoms with van der Waals surface area (Å²) in [6.45, 7) is 1.93. The molecule has 0 saturated heterocycles. The average molecular weight is 568 g/mol. The summed E-state index contributed by atoms with van der Waals surface area (Å²) in [6.07, 6.45) is 4.10. The number of aryl methyl sites for hydroxylation is 1. The van der Waals surface area contributed by atoms with Gasteiger partial charge in [-0.25, -0.2) is 4.98 Å². The summed E-state index contributed by atoms with van der Waals surface area (Å²) in [6, 6.07) is 19.4. The molecule has 0 radical (unpaired) electrons. The molecule has 0 aliphatic heterocycles. The second kappa shape index (κ2) is 12.0. The van der Waals surface area contributed by atoms with Crippen molar-refractivity contribution in [1.29, 1.82) is 0 Å². The van der Waals surface area contributed by atoms with Crippen molar-refractivity contribution in [3.63, 3.8) is 0 Å². The zero-order chi connectivity index (χ0) is 25.5. The number of aromatic nitrogens is 2. The molecule has 4 rings (SSSR count). The van der Waals surface area contributed by atoms with Crippen LogP contribution in [-0.2, 0) is 11.2 Å². The predicted molar refractivity (Wildman–Crippen MR) is 147 cm³/mol. The molecule has 4 aromatic rings. The topological polar surface area (TPSA) is 85.6 Å². The molecule has 7 nitrogen and oxygen atoms in total. The summed E-state index contributed by atoms with van der Waals surface area (Å²) < 4.78 is 7.80. The van der Waals surface area contributed by atoms with E-state index in [9.17, 15) is 9.59 Å². The van der Waals surface area contributed by atoms with Gasteiger partial charge in [0.05, 0.1) is 17.1 Å². The molecule has 1 heterocycles. The maximum absolute atomic E-state index is 13.2. The Bertz CT molecular complexity index is 1470. The monoisotopic (exact) mass is 566 g/mol. The smallest absolute Gasteiger partial charge is 0.282 e. The Labute approximate surface area is 221 Å². The number of nitrogens with one attached hydrogen (secondary N) is 1. The van der Waals surface area contributed by atoms with Crippen molar-refractivity contribution < 1.29 is 9.53 Å². The standard InChI is InChI=1S/C27H24BrClN4O3/c1-2-3-7-25-32-24-13-8-19(28)15-23(24)27(35)33(25)30-16-18-5-4-6-22(14-18)36-17-26(34)31-21-11-9-20(29)10-12-21/h4-6,8-16H,2-3,7,17H2,1H3,(H,31,34). The van der Waals surface area contributed by atoms with Crippen LogP contribution in [0.25, 0.3) is 10.9 Å². The molecule has 0 unspecified atom stereocenters. The summed E-state index contributed by atoms with van der Waals surface area (Å²) in [5.74, 6) is 0.820. The van der Waals surface area contributed by atoms with Gasteiger partial charge in [-0.05, 0) is 66.6 Å². The van der Waals surface area contributed by atoms with Gasteiger partial charge < -0.3 is 10.1 Å². The van der Waals surface area contributed by atoms with E-state index in [1.54, 1.807) is 54.7 Å². The number of fused-ring (bicyclic) bond motifs is 1. The maximum atomic E-state index is 13.2. The Kier molecular flexibility index (Phi) is 8.51. The van der Waals surface area contributed by atoms with Gasteiger partial charge in [-0.1, -0.05) is 53.0 Å². The fraction of sp³-hybridized carbons (Fsp3) is 0.185. The first-order valence-corrected chi connectivity index (χ1v) is 12.6. The summed E-state index contributed by atoms with van der Waals surface area (Å²) >= 11 is 9.29. The van der Waals surface area contributed by atoms with Gasteiger partial charge in [0.15, 0.2) is 6.61 Å². The molecule has 0 fully saturated rings. The minimum atomic E-state index is -0.295. The lowest BCUT2D eigenvalue weighted by atomic mass is 10.2. The van der Waals surface area contributed by atoms with E-state index < -0.39 is 0 Å². The number of unbranched alkanes of at least 4 members (excludes halogenated alkanes) is 1. The molecule has 1 amide bonds. The van der Waals surface area contributed by atoms with E-state index in [1.807, 2.05) is 18.2 Å². The quantitative estimate of drug-likeness (QED) is 0.249. The van der Waals surface area contributed by atoms with Gasteiger partial charge in [0.2, 0.25) is 0 Å². The number of benzene rings is 3. The number of halogens is 2. The third-order valence-electron chi connectivity index (χ3n) is 5.31. The molecule has 0 spiro atoms. The van der Waals surface area contributed by atoms with Crippen LogP contribution in [0.2, 0.25) is 5.02 Å². The van der Waals surface area contributed by atoms with Crippen molar-refractivity contribution >= 4 is 56.2 Å². The van der Waals surface area contributed by atoms with Gasteiger partial charge in [-0.3, -0.25) is 9.59 Å². The molecule has 1 aromatic heterocycles. The Morgan fingerprint density at radius 3 is 2.75 bits per heavy atom. The predicted octanol–water partition coefficient (Wildman–Crippen LogP) is 6.05. The highest BCUT2D eigenvalue weighted by molar-refractivity contribution is 9.10. The number of hydrogen-bond acceptors (Lipinski definition) is 5. The van der Waals surface area contributed by atoms with Gasteiger partial charge in [0.1, 0.15) is 11.6 Å². The zero-order valence-corrected chi connectivity index (χ0v) is 21.9. The van der Waals surface area contributed by atoms with Crippen molar-refractivity contribution in [3.05, 3.63) is 98.0 Å². The first-order valence-electron chi connectivity index (χ1n) is 11.5. The molecule has 0 atom stereocenters. The van der Waals surface area contributed by atoms with Crippen LogP contribution in [0, 0.1) is 0 Å². The number of rotatable bonds is 9. The fourth-order valence-electron chi connectivity index (χ4n) is 3.50. The fourth-order valence-corrected chi connectivity index (χ4v) is 3.99. The zero-order valence-electron chi connectivity index (χ0n) is 19.6. The Balaban J connectivity index is 1.51. The number of ether oxygens (including phenoxy) is 1. The van der Waals surface area contributed by atoms with E-state index in [1.165, 1.54) is 4.68 Å². The highest BCUT2D eigenvalue weighted by Gasteiger charge is 2.11. The van der Waals surface area contributed by atoms with Crippen LogP contribution in [0.1, 0.15) is 31.2 Å². The number of nitrogens with zero attached hydrogens (tertiary/aromatic N) is 3. The molecule has 9 heteroatoms. The lowest BCUT2D eigenvalue weighted by Crippen LogP contribution is -2.22. The Morgan fingerprint density at radius 1 is 1.17 bits per heavy atom. The van der Waals surface area contributed by atoms with Crippen LogP contribution < -0.4 is 15.6 Å². The second-order valence-corrected chi connectivity index (χ2v) is 9.42. The molecule has 3 aromatic carbocycles. The maximum Gasteiger partial charge on any atom is 0.282 e. The third-order valence-corrected chi connectivity index (χ3v) is 6.05. The third kappa shape index (κ3) is 6.59. The molecule has 0 saturated carbocycles. The van der Waals surface area contributed by atoms with E-state index in [0.29, 0.717) is 45.2 Å². The highest BCUT2D eigenvalue weighted by atomic mass is 79.9. The number of carbonyl (C=O) groups is 1. The largest absolute Gasteiger partial charge is 0.484 e. The first kappa shape index (κ1) is 25.6. The summed E-state index contributed by atoms with van der Waals surface area (Å²) in [5.41, 5.74) is 1.77. The number of anilines is 1. The van der Waals surface area contributed by atoms with Crippen molar-refractivity contribution in [2.24, 2.45) is 5.10 Å². The molecule has 0 aliphatic carbocycles. The van der Waals surface area contributed by atoms with E-state index >= 15 is 0 Å². The molecule has 0 bridgehead atoms. The Hall–Kier alpha value is -3.49. The molecular formula is C27H24BrClN4O3. The van der Waals surface area contributed by atoms with Crippen molar-refractivity contribution in [2.75, 3.05) is 11.9 Å². The first-order chi connectivity index (χ1) is 17.4. The van der Waals surface area contributed by atoms with E-state index in [2.05, 4.69) is 38.3 Å². The van der Waals surface area contributed by atoms with Gasteiger partial charge in [-0.15, -0.1) is 0 Å². The second-order valence-electron chi connectivity index (χ2n) is 8.07. The van der Waals surface area contributed by atoms with Crippen LogP contribution in [-0.4, -0.2) is 28.4 Å². The molecule has 184 valence electrons. The van der Waals surface area contributed by atoms with Gasteiger partial charge in [0.25, 0.3) is 11.5 Å². The lowest BCUT2D eigenvalue weighted by Gasteiger charge is -2.10. The SMILES string of the molecule is CCCCc1nc2ccc(Br)cc2c(=O)n1N=Cc1cccc(OCC(=O)Nc2ccc(Cl)cc2)c1. The van der Waals surface area contributed by atoms with Gasteiger partial charge >= 0.3 is 0 Å². The van der Waals surface area contributed by atoms with E-state index in [-0.39, 0.29) is 18.1 Å². The molecule has 36 heavy (non-hydrogen) atoms. The molecule has 0 aliphatic rings. The minimum Gasteiger partial charge on any atom is -0.484 e. The van der Waals surface area contributed by atoms with Crippen molar-refractivity contribution in [3.8, 4) is 5.75 Å². The van der Waals surface area contributed by atoms with Crippen LogP contribution in [0.4, 0.5) is 5.69 Å². The number of hydrogen-bond donors (Lipinski definition) is 1. The summed E-state index contributed by atoms with van der Waals surface area (Å²) in [4.78, 5) is 30.1. The van der Waals surface area contributed by atoms with Crippen molar-refractivity contribution in [2.45, 2.75) is 26.2 Å². The van der Waals surface area contributed by atoms with Crippen molar-refractivity contribution in [1.82, 2.24) is 9.66 Å². The highest BCUT2D eigenvalue weighted by Crippen LogP contribution is 2.18. The average Bonchev–Trinajstić information content (AvgIpc) is 2.88. The normalized spacial score (nSPS) is 11.2. The molecular weight excluding hydrogens is 544 g/mol. The van der Waals surface area contributed by atoms with Crippen LogP contribution in [0.15, 0.2) is 81.1 Å². The minimum absolute atomic E-state index is 0.159. The van der Waals surface area contributed by atoms with Crippen LogP contribution >= 0.6 is 27.5 Å². The van der Waals surface area contributed by atoms with Crippen LogP contribution in [0.3, 0.4) is 0 Å². The lowest BCUT2D eigenvalue weighted by molar-refractivity contribution is -0.118. The summed E-state index contributed by atoms with van der Waals surface area (Å²) in [7, 11) is 0. The van der Waals surface area contributed by atoms with Gasteiger partial charge in [0, 0.05) is 21.6 Å². The van der Waals surface area contributed by atoms with E-state index in [4.69, 9.17) is 16.3 Å².